The Balaban J connectivity index is 1.96. The second kappa shape index (κ2) is 4.80. The zero-order valence-corrected chi connectivity index (χ0v) is 12.5. The number of hydrogen-bond donors (Lipinski definition) is 1. The van der Waals surface area contributed by atoms with E-state index in [1.807, 2.05) is 48.6 Å². The van der Waals surface area contributed by atoms with Crippen molar-refractivity contribution in [1.29, 1.82) is 0 Å². The Morgan fingerprint density at radius 1 is 1.32 bits per heavy atom. The highest BCUT2D eigenvalue weighted by molar-refractivity contribution is 9.10. The van der Waals surface area contributed by atoms with Crippen LogP contribution in [0.2, 0.25) is 0 Å². The average molecular weight is 339 g/mol. The average Bonchev–Trinajstić information content (AvgIpc) is 2.64. The van der Waals surface area contributed by atoms with Crippen molar-refractivity contribution in [3.8, 4) is 0 Å². The van der Waals surface area contributed by atoms with Crippen LogP contribution in [-0.4, -0.2) is 15.6 Å². The lowest BCUT2D eigenvalue weighted by Crippen LogP contribution is -2.41. The van der Waals surface area contributed by atoms with E-state index in [0.29, 0.717) is 6.42 Å². The molecule has 1 aromatic carbocycles. The molecule has 1 heterocycles. The largest absolute Gasteiger partial charge is 0.328 e. The van der Waals surface area contributed by atoms with Gasteiger partial charge in [0.2, 0.25) is 5.91 Å². The van der Waals surface area contributed by atoms with E-state index in [2.05, 4.69) is 21.2 Å². The molecule has 4 heteroatoms. The molecule has 1 aromatic rings. The van der Waals surface area contributed by atoms with Crippen LogP contribution in [0.4, 0.5) is 0 Å². The number of allylic oxidation sites excluding steroid dienone is 4. The molecule has 1 aliphatic heterocycles. The zero-order valence-electron chi connectivity index (χ0n) is 10.1. The molecule has 0 saturated carbocycles. The Bertz CT molecular complexity index is 569. The van der Waals surface area contributed by atoms with Gasteiger partial charge in [0.15, 0.2) is 0 Å². The number of fused-ring (bicyclic) bond motifs is 1. The fraction of sp³-hybridized carbons (Fsp3) is 0.267. The van der Waals surface area contributed by atoms with E-state index in [9.17, 15) is 4.79 Å². The van der Waals surface area contributed by atoms with Gasteiger partial charge in [0.25, 0.3) is 0 Å². The predicted octanol–water partition coefficient (Wildman–Crippen LogP) is 3.17. The third-order valence-corrected chi connectivity index (χ3v) is 5.19. The fourth-order valence-electron chi connectivity index (χ4n) is 2.73. The summed E-state index contributed by atoms with van der Waals surface area (Å²) in [5, 5.41) is 2.76. The molecule has 0 radical (unpaired) electrons. The van der Waals surface area contributed by atoms with Crippen LogP contribution in [-0.2, 0) is 11.2 Å². The van der Waals surface area contributed by atoms with Crippen molar-refractivity contribution in [1.82, 2.24) is 5.32 Å². The quantitative estimate of drug-likeness (QED) is 0.825. The van der Waals surface area contributed by atoms with Gasteiger partial charge < -0.3 is 5.32 Å². The molecule has 1 saturated heterocycles. The molecule has 0 aromatic heterocycles. The number of hydrogen-bond acceptors (Lipinski definition) is 1. The maximum Gasteiger partial charge on any atom is 0.242 e. The van der Waals surface area contributed by atoms with Crippen molar-refractivity contribution < 1.29 is 4.79 Å². The summed E-state index contributed by atoms with van der Waals surface area (Å²) in [5.74, 6) is -0.0613. The maximum absolute atomic E-state index is 12.3. The van der Waals surface area contributed by atoms with E-state index < -0.39 is 4.32 Å². The van der Waals surface area contributed by atoms with Crippen molar-refractivity contribution >= 4 is 33.4 Å². The Kier molecular flexibility index (Phi) is 3.27. The van der Waals surface area contributed by atoms with Crippen LogP contribution in [0.5, 0.6) is 0 Å². The summed E-state index contributed by atoms with van der Waals surface area (Å²) in [6.45, 7) is 0. The third-order valence-electron chi connectivity index (χ3n) is 3.66. The van der Waals surface area contributed by atoms with Crippen LogP contribution in [0.3, 0.4) is 0 Å². The highest BCUT2D eigenvalue weighted by Crippen LogP contribution is 2.45. The minimum Gasteiger partial charge on any atom is -0.328 e. The summed E-state index contributed by atoms with van der Waals surface area (Å²) in [7, 11) is 0. The molecule has 1 fully saturated rings. The van der Waals surface area contributed by atoms with Crippen molar-refractivity contribution in [2.24, 2.45) is 5.92 Å². The SMILES string of the molecule is O=C1NC2=CC=CC(Cl)C2C1(Br)Cc1ccccc1. The molecular formula is C15H13BrClNO. The molecule has 2 aliphatic rings. The van der Waals surface area contributed by atoms with E-state index >= 15 is 0 Å². The molecule has 3 atom stereocenters. The number of halogens is 2. The second-order valence-corrected chi connectivity index (χ2v) is 6.83. The first-order valence-electron chi connectivity index (χ1n) is 6.18. The van der Waals surface area contributed by atoms with Crippen molar-refractivity contribution in [3.05, 3.63) is 59.8 Å². The normalized spacial score (nSPS) is 32.7. The monoisotopic (exact) mass is 337 g/mol. The molecule has 0 bridgehead atoms. The fourth-order valence-corrected chi connectivity index (χ4v) is 4.27. The first-order chi connectivity index (χ1) is 9.11. The van der Waals surface area contributed by atoms with E-state index in [0.717, 1.165) is 11.3 Å². The summed E-state index contributed by atoms with van der Waals surface area (Å²) in [4.78, 5) is 12.3. The van der Waals surface area contributed by atoms with E-state index in [1.165, 1.54) is 0 Å². The summed E-state index contributed by atoms with van der Waals surface area (Å²) < 4.78 is -0.669. The Morgan fingerprint density at radius 3 is 2.79 bits per heavy atom. The topological polar surface area (TPSA) is 29.1 Å². The lowest BCUT2D eigenvalue weighted by atomic mass is 9.83. The van der Waals surface area contributed by atoms with Crippen LogP contribution >= 0.6 is 27.5 Å². The summed E-state index contributed by atoms with van der Waals surface area (Å²) in [5.41, 5.74) is 2.02. The number of benzene rings is 1. The molecule has 19 heavy (non-hydrogen) atoms. The van der Waals surface area contributed by atoms with Gasteiger partial charge in [-0.1, -0.05) is 58.4 Å². The van der Waals surface area contributed by atoms with E-state index in [4.69, 9.17) is 11.6 Å². The van der Waals surface area contributed by atoms with Gasteiger partial charge in [-0.2, -0.15) is 0 Å². The zero-order chi connectivity index (χ0) is 13.5. The lowest BCUT2D eigenvalue weighted by molar-refractivity contribution is -0.121. The van der Waals surface area contributed by atoms with Gasteiger partial charge in [-0.05, 0) is 18.1 Å². The first-order valence-corrected chi connectivity index (χ1v) is 7.41. The summed E-state index contributed by atoms with van der Waals surface area (Å²) >= 11 is 10.0. The molecule has 98 valence electrons. The molecule has 1 aliphatic carbocycles. The van der Waals surface area contributed by atoms with Crippen LogP contribution in [0.15, 0.2) is 54.3 Å². The van der Waals surface area contributed by atoms with E-state index in [1.54, 1.807) is 0 Å². The molecule has 3 unspecified atom stereocenters. The minimum absolute atomic E-state index is 0.0121. The number of alkyl halides is 2. The molecule has 1 N–H and O–H groups in total. The van der Waals surface area contributed by atoms with Gasteiger partial charge in [-0.25, -0.2) is 0 Å². The van der Waals surface area contributed by atoms with Gasteiger partial charge in [-0.15, -0.1) is 11.6 Å². The van der Waals surface area contributed by atoms with Crippen molar-refractivity contribution in [2.75, 3.05) is 0 Å². The minimum atomic E-state index is -0.669. The van der Waals surface area contributed by atoms with Gasteiger partial charge >= 0.3 is 0 Å². The maximum atomic E-state index is 12.3. The lowest BCUT2D eigenvalue weighted by Gasteiger charge is -2.30. The van der Waals surface area contributed by atoms with Gasteiger partial charge in [-0.3, -0.25) is 4.79 Å². The Hall–Kier alpha value is -1.06. The van der Waals surface area contributed by atoms with Crippen LogP contribution in [0, 0.1) is 5.92 Å². The Morgan fingerprint density at radius 2 is 2.05 bits per heavy atom. The molecular weight excluding hydrogens is 326 g/mol. The number of rotatable bonds is 2. The van der Waals surface area contributed by atoms with E-state index in [-0.39, 0.29) is 17.2 Å². The highest BCUT2D eigenvalue weighted by Gasteiger charge is 2.53. The first kappa shape index (κ1) is 12.9. The molecule has 3 rings (SSSR count). The van der Waals surface area contributed by atoms with Gasteiger partial charge in [0, 0.05) is 11.6 Å². The number of carbonyl (C=O) groups is 1. The second-order valence-electron chi connectivity index (χ2n) is 4.91. The highest BCUT2D eigenvalue weighted by atomic mass is 79.9. The van der Waals surface area contributed by atoms with Crippen LogP contribution < -0.4 is 5.32 Å². The van der Waals surface area contributed by atoms with Crippen molar-refractivity contribution in [3.63, 3.8) is 0 Å². The van der Waals surface area contributed by atoms with Crippen LogP contribution in [0.25, 0.3) is 0 Å². The number of amides is 1. The smallest absolute Gasteiger partial charge is 0.242 e. The summed E-state index contributed by atoms with van der Waals surface area (Å²) in [6, 6.07) is 9.99. The molecule has 2 nitrogen and oxygen atoms in total. The van der Waals surface area contributed by atoms with Crippen molar-refractivity contribution in [2.45, 2.75) is 16.1 Å². The predicted molar refractivity (Wildman–Crippen MR) is 80.3 cm³/mol. The van der Waals surface area contributed by atoms with Gasteiger partial charge in [0.05, 0.1) is 5.38 Å². The summed E-state index contributed by atoms with van der Waals surface area (Å²) in [6.07, 6.45) is 6.37. The standard InChI is InChI=1S/C15H13BrClNO/c16-15(9-10-5-2-1-3-6-10)13-11(17)7-4-8-12(13)18-14(15)19/h1-8,11,13H,9H2,(H,18,19). The molecule has 1 amide bonds. The third kappa shape index (κ3) is 2.15. The van der Waals surface area contributed by atoms with Gasteiger partial charge in [0.1, 0.15) is 4.32 Å². The molecule has 0 spiro atoms. The van der Waals surface area contributed by atoms with Crippen LogP contribution in [0.1, 0.15) is 5.56 Å². The number of carbonyl (C=O) groups excluding carboxylic acids is 1. The Labute approximate surface area is 125 Å². The number of nitrogens with one attached hydrogen (secondary N) is 1.